The Morgan fingerprint density at radius 2 is 2.06 bits per heavy atom. The Morgan fingerprint density at radius 3 is 2.70 bits per heavy atom. The first-order valence-corrected chi connectivity index (χ1v) is 12.0. The highest BCUT2D eigenvalue weighted by Gasteiger charge is 2.87. The monoisotopic (exact) mass is 458 g/mol. The molecule has 0 aromatic heterocycles. The van der Waals surface area contributed by atoms with Gasteiger partial charge in [0.25, 0.3) is 0 Å². The van der Waals surface area contributed by atoms with Crippen molar-refractivity contribution in [3.8, 4) is 0 Å². The number of carboxylic acids is 1. The molecule has 1 heterocycles. The lowest BCUT2D eigenvalue weighted by molar-refractivity contribution is -0.179. The Hall–Kier alpha value is -1.99. The molecule has 180 valence electrons. The van der Waals surface area contributed by atoms with Crippen molar-refractivity contribution >= 4 is 17.7 Å². The lowest BCUT2D eigenvalue weighted by Gasteiger charge is -2.64. The van der Waals surface area contributed by atoms with Crippen LogP contribution in [0.3, 0.4) is 0 Å². The Kier molecular flexibility index (Phi) is 4.68. The Bertz CT molecular complexity index is 985. The van der Waals surface area contributed by atoms with Gasteiger partial charge in [-0.15, -0.1) is 6.58 Å². The first-order chi connectivity index (χ1) is 15.5. The van der Waals surface area contributed by atoms with Crippen LogP contribution in [0.2, 0.25) is 0 Å². The lowest BCUT2D eigenvalue weighted by Crippen LogP contribution is -2.69. The molecule has 0 radical (unpaired) electrons. The van der Waals surface area contributed by atoms with Crippen LogP contribution in [0, 0.1) is 28.1 Å². The van der Waals surface area contributed by atoms with Crippen molar-refractivity contribution in [3.63, 3.8) is 0 Å². The zero-order valence-corrected chi connectivity index (χ0v) is 19.7. The van der Waals surface area contributed by atoms with Crippen LogP contribution in [-0.2, 0) is 23.9 Å². The van der Waals surface area contributed by atoms with E-state index in [1.807, 2.05) is 13.0 Å². The van der Waals surface area contributed by atoms with Gasteiger partial charge in [-0.3, -0.25) is 14.4 Å². The van der Waals surface area contributed by atoms with Crippen LogP contribution in [-0.4, -0.2) is 52.4 Å². The van der Waals surface area contributed by atoms with E-state index in [1.54, 1.807) is 6.08 Å². The van der Waals surface area contributed by atoms with Crippen molar-refractivity contribution in [1.82, 2.24) is 0 Å². The van der Waals surface area contributed by atoms with Gasteiger partial charge in [0, 0.05) is 29.1 Å². The second kappa shape index (κ2) is 6.79. The number of fused-ring (bicyclic) bond motifs is 3. The number of methoxy groups -OCH3 is 1. The zero-order valence-electron chi connectivity index (χ0n) is 19.7. The molecule has 4 fully saturated rings. The molecule has 1 aliphatic heterocycles. The second-order valence-electron chi connectivity index (χ2n) is 11.4. The number of hydrogen-bond donors (Lipinski definition) is 2. The molecule has 33 heavy (non-hydrogen) atoms. The smallest absolute Gasteiger partial charge is 0.309 e. The lowest BCUT2D eigenvalue weighted by atomic mass is 9.37. The van der Waals surface area contributed by atoms with Gasteiger partial charge >= 0.3 is 11.9 Å². The molecule has 0 bridgehead atoms. The Morgan fingerprint density at radius 1 is 1.33 bits per heavy atom. The number of carbonyl (C=O) groups excluding carboxylic acids is 2. The summed E-state index contributed by atoms with van der Waals surface area (Å²) in [6, 6.07) is 0. The molecule has 7 nitrogen and oxygen atoms in total. The molecule has 2 N–H and O–H groups in total. The Balaban J connectivity index is 1.69. The van der Waals surface area contributed by atoms with Crippen LogP contribution in [0.1, 0.15) is 65.2 Å². The fraction of sp³-hybridized carbons (Fsp3) is 0.731. The fourth-order valence-electron chi connectivity index (χ4n) is 8.91. The molecular weight excluding hydrogens is 424 g/mol. The van der Waals surface area contributed by atoms with E-state index < -0.39 is 39.3 Å². The largest absolute Gasteiger partial charge is 0.481 e. The number of aliphatic carboxylic acids is 1. The zero-order chi connectivity index (χ0) is 24.0. The standard InChI is InChI=1S/C26H34O7/c1-5-25-17(21(30)32-4)13-15-12-16(27)6-9-22(15,2)26(25)19(33-26)14-23(3)18(25)7-10-24(23,31)11-8-20(28)29/h5,12,17-19,31H,1,6-11,13-14H2,2-4H3,(H,28,29)/t17-,18?,19+,22-,23-,24+,25-,26?/m0/s1. The van der Waals surface area contributed by atoms with Gasteiger partial charge in [0.05, 0.1) is 24.7 Å². The van der Waals surface area contributed by atoms with Gasteiger partial charge in [0.15, 0.2) is 5.78 Å². The van der Waals surface area contributed by atoms with Crippen LogP contribution in [0.5, 0.6) is 0 Å². The second-order valence-corrected chi connectivity index (χ2v) is 11.4. The van der Waals surface area contributed by atoms with E-state index in [4.69, 9.17) is 9.47 Å². The molecule has 2 unspecified atom stereocenters. The van der Waals surface area contributed by atoms with E-state index in [2.05, 4.69) is 13.5 Å². The summed E-state index contributed by atoms with van der Waals surface area (Å²) in [7, 11) is 1.38. The van der Waals surface area contributed by atoms with Crippen molar-refractivity contribution in [1.29, 1.82) is 0 Å². The van der Waals surface area contributed by atoms with Crippen molar-refractivity contribution in [2.45, 2.75) is 82.5 Å². The normalized spacial score (nSPS) is 49.6. The highest BCUT2D eigenvalue weighted by Crippen LogP contribution is 2.82. The number of ether oxygens (including phenoxy) is 2. The number of carboxylic acid groups (broad SMARTS) is 1. The molecule has 5 aliphatic rings. The summed E-state index contributed by atoms with van der Waals surface area (Å²) in [6.45, 7) is 8.44. The minimum atomic E-state index is -1.16. The third-order valence-corrected chi connectivity index (χ3v) is 10.5. The van der Waals surface area contributed by atoms with Gasteiger partial charge in [-0.2, -0.15) is 0 Å². The number of esters is 1. The molecular formula is C26H34O7. The molecule has 5 rings (SSSR count). The maximum absolute atomic E-state index is 13.3. The van der Waals surface area contributed by atoms with Gasteiger partial charge < -0.3 is 19.7 Å². The summed E-state index contributed by atoms with van der Waals surface area (Å²) >= 11 is 0. The SMILES string of the molecule is C=C[C@]12C3CC[C@@](O)(CCC(=O)O)[C@@]3(C)C[C@H]3OC31[C@@]1(C)CCC(=O)C=C1C[C@H]2C(=O)OC. The predicted molar refractivity (Wildman–Crippen MR) is 118 cm³/mol. The first kappa shape index (κ1) is 22.8. The van der Waals surface area contributed by atoms with Gasteiger partial charge in [-0.25, -0.2) is 0 Å². The van der Waals surface area contributed by atoms with E-state index in [-0.39, 0.29) is 36.6 Å². The highest BCUT2D eigenvalue weighted by atomic mass is 16.6. The fourth-order valence-corrected chi connectivity index (χ4v) is 8.91. The highest BCUT2D eigenvalue weighted by molar-refractivity contribution is 5.92. The maximum Gasteiger partial charge on any atom is 0.309 e. The molecule has 3 saturated carbocycles. The minimum absolute atomic E-state index is 0.0790. The maximum atomic E-state index is 13.3. The summed E-state index contributed by atoms with van der Waals surface area (Å²) in [5.41, 5.74) is -2.71. The third-order valence-electron chi connectivity index (χ3n) is 10.5. The van der Waals surface area contributed by atoms with E-state index in [1.165, 1.54) is 7.11 Å². The molecule has 1 spiro atoms. The van der Waals surface area contributed by atoms with Crippen molar-refractivity contribution in [2.75, 3.05) is 7.11 Å². The predicted octanol–water partition coefficient (Wildman–Crippen LogP) is 3.20. The average Bonchev–Trinajstić information content (AvgIpc) is 3.44. The average molecular weight is 459 g/mol. The number of hydrogen-bond acceptors (Lipinski definition) is 6. The molecule has 4 aliphatic carbocycles. The van der Waals surface area contributed by atoms with Crippen molar-refractivity contribution in [2.24, 2.45) is 28.1 Å². The molecule has 0 aromatic rings. The van der Waals surface area contributed by atoms with Gasteiger partial charge in [-0.05, 0) is 50.5 Å². The van der Waals surface area contributed by atoms with Crippen LogP contribution in [0.15, 0.2) is 24.3 Å². The summed E-state index contributed by atoms with van der Waals surface area (Å²) < 4.78 is 11.9. The third kappa shape index (κ3) is 2.45. The van der Waals surface area contributed by atoms with E-state index in [9.17, 15) is 24.6 Å². The number of aliphatic hydroxyl groups is 1. The Labute approximate surface area is 194 Å². The molecule has 8 atom stereocenters. The topological polar surface area (TPSA) is 113 Å². The summed E-state index contributed by atoms with van der Waals surface area (Å²) in [5.74, 6) is -1.91. The number of carbonyl (C=O) groups is 3. The van der Waals surface area contributed by atoms with Crippen LogP contribution < -0.4 is 0 Å². The summed E-state index contributed by atoms with van der Waals surface area (Å²) in [4.78, 5) is 37.0. The van der Waals surface area contributed by atoms with Crippen LogP contribution in [0.4, 0.5) is 0 Å². The van der Waals surface area contributed by atoms with E-state index >= 15 is 0 Å². The number of ketones is 1. The number of rotatable bonds is 5. The van der Waals surface area contributed by atoms with Gasteiger partial charge in [0.2, 0.25) is 0 Å². The van der Waals surface area contributed by atoms with E-state index in [0.29, 0.717) is 38.5 Å². The summed E-state index contributed by atoms with van der Waals surface area (Å²) in [6.07, 6.45) is 6.68. The van der Waals surface area contributed by atoms with Gasteiger partial charge in [-0.1, -0.05) is 25.5 Å². The van der Waals surface area contributed by atoms with Crippen LogP contribution in [0.25, 0.3) is 0 Å². The first-order valence-electron chi connectivity index (χ1n) is 12.0. The number of epoxide rings is 1. The molecule has 7 heteroatoms. The molecule has 1 saturated heterocycles. The molecule has 0 aromatic carbocycles. The van der Waals surface area contributed by atoms with Crippen LogP contribution >= 0.6 is 0 Å². The van der Waals surface area contributed by atoms with Crippen molar-refractivity contribution in [3.05, 3.63) is 24.3 Å². The summed E-state index contributed by atoms with van der Waals surface area (Å²) in [5, 5.41) is 21.1. The quantitative estimate of drug-likeness (QED) is 0.369. The minimum Gasteiger partial charge on any atom is -0.481 e. The van der Waals surface area contributed by atoms with Crippen molar-refractivity contribution < 1.29 is 34.1 Å². The van der Waals surface area contributed by atoms with E-state index in [0.717, 1.165) is 5.57 Å². The molecule has 0 amide bonds. The van der Waals surface area contributed by atoms with Gasteiger partial charge in [0.1, 0.15) is 5.60 Å².